The van der Waals surface area contributed by atoms with Crippen LogP contribution >= 0.6 is 11.8 Å². The first-order chi connectivity index (χ1) is 14.6. The first-order valence-electron chi connectivity index (χ1n) is 11.1. The van der Waals surface area contributed by atoms with Crippen LogP contribution in [0.25, 0.3) is 10.8 Å². The van der Waals surface area contributed by atoms with Crippen molar-refractivity contribution in [2.75, 3.05) is 5.75 Å². The molecule has 0 aromatic heterocycles. The summed E-state index contributed by atoms with van der Waals surface area (Å²) in [5.74, 6) is 1.90. The van der Waals surface area contributed by atoms with E-state index in [9.17, 15) is 10.1 Å². The van der Waals surface area contributed by atoms with Gasteiger partial charge in [0.05, 0.1) is 22.4 Å². The van der Waals surface area contributed by atoms with Crippen molar-refractivity contribution in [2.24, 2.45) is 17.8 Å². The summed E-state index contributed by atoms with van der Waals surface area (Å²) in [6, 6.07) is 17.0. The van der Waals surface area contributed by atoms with Gasteiger partial charge in [0.2, 0.25) is 0 Å². The molecule has 0 spiro atoms. The van der Waals surface area contributed by atoms with Crippen LogP contribution in [0, 0.1) is 29.1 Å². The van der Waals surface area contributed by atoms with Crippen LogP contribution in [0.5, 0.6) is 0 Å². The first kappa shape index (κ1) is 21.0. The monoisotopic (exact) mass is 418 g/mol. The Labute approximate surface area is 183 Å². The highest BCUT2D eigenvalue weighted by Crippen LogP contribution is 2.43. The second-order valence-corrected chi connectivity index (χ2v) is 10.0. The van der Waals surface area contributed by atoms with Gasteiger partial charge in [-0.2, -0.15) is 5.26 Å². The van der Waals surface area contributed by atoms with Gasteiger partial charge in [-0.15, -0.1) is 0 Å². The number of carbonyl (C=O) groups excluding carboxylic acids is 1. The van der Waals surface area contributed by atoms with E-state index < -0.39 is 0 Å². The fourth-order valence-corrected chi connectivity index (χ4v) is 6.12. The van der Waals surface area contributed by atoms with Crippen LogP contribution in [0.15, 0.2) is 53.1 Å². The van der Waals surface area contributed by atoms with Crippen molar-refractivity contribution in [3.8, 4) is 6.07 Å². The van der Waals surface area contributed by atoms with E-state index in [4.69, 9.17) is 0 Å². The SMILES string of the molecule is CC(C)C[C@@H]1C(C#N)=C(SCC(=O)c2ccc3ccccc3c2)N[C@H]2CCCC[C@H]21. The van der Waals surface area contributed by atoms with Gasteiger partial charge >= 0.3 is 0 Å². The van der Waals surface area contributed by atoms with Crippen molar-refractivity contribution in [3.63, 3.8) is 0 Å². The molecule has 2 aromatic carbocycles. The van der Waals surface area contributed by atoms with Gasteiger partial charge in [-0.25, -0.2) is 0 Å². The number of Topliss-reactive ketones (excluding diaryl/α,β-unsaturated/α-hetero) is 1. The summed E-state index contributed by atoms with van der Waals surface area (Å²) in [5, 5.41) is 16.8. The first-order valence-corrected chi connectivity index (χ1v) is 12.1. The minimum absolute atomic E-state index is 0.114. The molecule has 1 aliphatic heterocycles. The Morgan fingerprint density at radius 2 is 1.93 bits per heavy atom. The summed E-state index contributed by atoms with van der Waals surface area (Å²) in [6.07, 6.45) is 5.93. The zero-order chi connectivity index (χ0) is 21.1. The molecule has 0 amide bonds. The summed E-state index contributed by atoms with van der Waals surface area (Å²) < 4.78 is 0. The molecule has 1 heterocycles. The van der Waals surface area contributed by atoms with Gasteiger partial charge in [-0.3, -0.25) is 4.79 Å². The predicted octanol–water partition coefficient (Wildman–Crippen LogP) is 6.32. The lowest BCUT2D eigenvalue weighted by Crippen LogP contribution is -2.46. The lowest BCUT2D eigenvalue weighted by Gasteiger charge is -2.43. The van der Waals surface area contributed by atoms with Gasteiger partial charge in [0.25, 0.3) is 0 Å². The average Bonchev–Trinajstić information content (AvgIpc) is 2.76. The summed E-state index contributed by atoms with van der Waals surface area (Å²) in [4.78, 5) is 12.9. The van der Waals surface area contributed by atoms with E-state index in [2.05, 4.69) is 31.3 Å². The summed E-state index contributed by atoms with van der Waals surface area (Å²) in [5.41, 5.74) is 1.62. The highest BCUT2D eigenvalue weighted by molar-refractivity contribution is 8.03. The van der Waals surface area contributed by atoms with E-state index in [0.717, 1.165) is 33.4 Å². The number of rotatable bonds is 6. The standard InChI is InChI=1S/C26H30N2OS/c1-17(2)13-22-21-9-5-6-10-24(21)28-26(23(22)15-27)30-16-25(29)20-12-11-18-7-3-4-8-19(18)14-20/h3-4,7-8,11-12,14,17,21-22,24,28H,5-6,9-10,13,16H2,1-2H3/t21-,22-,24-/m0/s1. The van der Waals surface area contributed by atoms with Crippen LogP contribution < -0.4 is 5.32 Å². The van der Waals surface area contributed by atoms with Crippen molar-refractivity contribution < 1.29 is 4.79 Å². The number of benzene rings is 2. The Morgan fingerprint density at radius 1 is 1.17 bits per heavy atom. The fourth-order valence-electron chi connectivity index (χ4n) is 5.09. The molecule has 2 aliphatic rings. The van der Waals surface area contributed by atoms with Crippen molar-refractivity contribution in [1.82, 2.24) is 5.32 Å². The number of ketones is 1. The molecule has 2 aromatic rings. The molecule has 0 radical (unpaired) electrons. The van der Waals surface area contributed by atoms with E-state index in [-0.39, 0.29) is 5.78 Å². The molecule has 1 fully saturated rings. The van der Waals surface area contributed by atoms with Gasteiger partial charge in [0.1, 0.15) is 0 Å². The number of nitrogens with one attached hydrogen (secondary N) is 1. The Hall–Kier alpha value is -2.25. The number of hydrogen-bond acceptors (Lipinski definition) is 4. The third-order valence-electron chi connectivity index (χ3n) is 6.53. The maximum absolute atomic E-state index is 12.9. The molecule has 3 nitrogen and oxygen atoms in total. The number of hydrogen-bond donors (Lipinski definition) is 1. The lowest BCUT2D eigenvalue weighted by molar-refractivity contribution is 0.102. The second kappa shape index (κ2) is 9.27. The third-order valence-corrected chi connectivity index (χ3v) is 7.57. The topological polar surface area (TPSA) is 52.9 Å². The van der Waals surface area contributed by atoms with Gasteiger partial charge < -0.3 is 5.32 Å². The average molecular weight is 419 g/mol. The Bertz CT molecular complexity index is 1000. The van der Waals surface area contributed by atoms with Gasteiger partial charge in [-0.05, 0) is 47.9 Å². The van der Waals surface area contributed by atoms with Gasteiger partial charge in [-0.1, -0.05) is 74.8 Å². The van der Waals surface area contributed by atoms with Crippen LogP contribution in [0.2, 0.25) is 0 Å². The molecule has 1 N–H and O–H groups in total. The minimum atomic E-state index is 0.114. The van der Waals surface area contributed by atoms with Crippen LogP contribution in [0.1, 0.15) is 56.3 Å². The molecule has 4 heteroatoms. The largest absolute Gasteiger partial charge is 0.376 e. The normalized spacial score (nSPS) is 23.7. The Balaban J connectivity index is 1.54. The molecule has 30 heavy (non-hydrogen) atoms. The Kier molecular flexibility index (Phi) is 6.49. The fraction of sp³-hybridized carbons (Fsp3) is 0.462. The molecule has 4 rings (SSSR count). The minimum Gasteiger partial charge on any atom is -0.376 e. The molecule has 156 valence electrons. The Morgan fingerprint density at radius 3 is 2.70 bits per heavy atom. The van der Waals surface area contributed by atoms with Crippen LogP contribution in [0.3, 0.4) is 0 Å². The van der Waals surface area contributed by atoms with Gasteiger partial charge in [0.15, 0.2) is 5.78 Å². The van der Waals surface area contributed by atoms with E-state index in [1.165, 1.54) is 37.4 Å². The lowest BCUT2D eigenvalue weighted by atomic mass is 9.69. The molecule has 1 aliphatic carbocycles. The molecule has 0 saturated heterocycles. The number of nitrogens with zero attached hydrogens (tertiary/aromatic N) is 1. The van der Waals surface area contributed by atoms with E-state index in [0.29, 0.717) is 29.5 Å². The molecule has 3 atom stereocenters. The maximum Gasteiger partial charge on any atom is 0.173 e. The quantitative estimate of drug-likeness (QED) is 0.558. The van der Waals surface area contributed by atoms with Gasteiger partial charge in [0, 0.05) is 17.5 Å². The van der Waals surface area contributed by atoms with E-state index in [1.54, 1.807) is 0 Å². The molecule has 1 saturated carbocycles. The van der Waals surface area contributed by atoms with Crippen molar-refractivity contribution >= 4 is 28.3 Å². The van der Waals surface area contributed by atoms with Crippen molar-refractivity contribution in [1.29, 1.82) is 5.26 Å². The number of nitriles is 1. The molecular weight excluding hydrogens is 388 g/mol. The summed E-state index contributed by atoms with van der Waals surface area (Å²) in [6.45, 7) is 4.48. The highest BCUT2D eigenvalue weighted by atomic mass is 32.2. The number of allylic oxidation sites excluding steroid dienone is 1. The maximum atomic E-state index is 12.9. The number of fused-ring (bicyclic) bond motifs is 2. The summed E-state index contributed by atoms with van der Waals surface area (Å²) in [7, 11) is 0. The zero-order valence-electron chi connectivity index (χ0n) is 17.9. The summed E-state index contributed by atoms with van der Waals surface area (Å²) >= 11 is 1.52. The second-order valence-electron chi connectivity index (χ2n) is 9.06. The van der Waals surface area contributed by atoms with Crippen LogP contribution in [0.4, 0.5) is 0 Å². The molecule has 0 unspecified atom stereocenters. The van der Waals surface area contributed by atoms with Crippen molar-refractivity contribution in [3.05, 3.63) is 58.6 Å². The smallest absolute Gasteiger partial charge is 0.173 e. The number of carbonyl (C=O) groups is 1. The zero-order valence-corrected chi connectivity index (χ0v) is 18.7. The number of thioether (sulfide) groups is 1. The van der Waals surface area contributed by atoms with E-state index >= 15 is 0 Å². The predicted molar refractivity (Wildman–Crippen MR) is 125 cm³/mol. The molecular formula is C26H30N2OS. The molecule has 0 bridgehead atoms. The third kappa shape index (κ3) is 4.42. The van der Waals surface area contributed by atoms with Crippen LogP contribution in [-0.4, -0.2) is 17.6 Å². The van der Waals surface area contributed by atoms with Crippen molar-refractivity contribution in [2.45, 2.75) is 52.0 Å². The highest BCUT2D eigenvalue weighted by Gasteiger charge is 2.39. The van der Waals surface area contributed by atoms with Crippen LogP contribution in [-0.2, 0) is 0 Å². The van der Waals surface area contributed by atoms with E-state index in [1.807, 2.05) is 36.4 Å².